The van der Waals surface area contributed by atoms with E-state index >= 15 is 0 Å². The van der Waals surface area contributed by atoms with Crippen molar-refractivity contribution in [1.29, 1.82) is 0 Å². The summed E-state index contributed by atoms with van der Waals surface area (Å²) in [6.45, 7) is 5.86. The number of ether oxygens (including phenoxy) is 1. The maximum absolute atomic E-state index is 10.4. The predicted molar refractivity (Wildman–Crippen MR) is 83.9 cm³/mol. The minimum absolute atomic E-state index is 0.378. The number of nitrogens with one attached hydrogen (secondary N) is 2. The van der Waals surface area contributed by atoms with Gasteiger partial charge in [0.1, 0.15) is 5.60 Å². The van der Waals surface area contributed by atoms with E-state index in [1.807, 2.05) is 0 Å². The number of aromatic nitrogens is 1. The third-order valence-electron chi connectivity index (χ3n) is 3.92. The molecule has 7 heteroatoms. The summed E-state index contributed by atoms with van der Waals surface area (Å²) in [6, 6.07) is 0. The molecule has 0 saturated carbocycles. The maximum atomic E-state index is 10.4. The van der Waals surface area contributed by atoms with E-state index in [0.29, 0.717) is 32.8 Å². The molecule has 2 aliphatic heterocycles. The summed E-state index contributed by atoms with van der Waals surface area (Å²) in [6.07, 6.45) is 2.54. The third kappa shape index (κ3) is 4.14. The van der Waals surface area contributed by atoms with Crippen molar-refractivity contribution in [3.05, 3.63) is 11.1 Å². The molecule has 0 amide bonds. The molecule has 2 fully saturated rings. The molecular formula is C14H24N4O2S. The van der Waals surface area contributed by atoms with Gasteiger partial charge in [0.25, 0.3) is 0 Å². The van der Waals surface area contributed by atoms with Crippen LogP contribution in [0.4, 0.5) is 5.13 Å². The average molecular weight is 312 g/mol. The lowest BCUT2D eigenvalue weighted by molar-refractivity contribution is -0.0264. The fourth-order valence-electron chi connectivity index (χ4n) is 2.75. The lowest BCUT2D eigenvalue weighted by atomic mass is 10.1. The van der Waals surface area contributed by atoms with Gasteiger partial charge in [-0.05, 0) is 12.8 Å². The summed E-state index contributed by atoms with van der Waals surface area (Å²) in [4.78, 5) is 7.02. The number of anilines is 1. The van der Waals surface area contributed by atoms with Crippen LogP contribution in [0.1, 0.15) is 18.5 Å². The van der Waals surface area contributed by atoms with E-state index < -0.39 is 5.60 Å². The highest BCUT2D eigenvalue weighted by Gasteiger charge is 2.28. The Kier molecular flexibility index (Phi) is 5.07. The standard InChI is InChI=1S/C14H24N4O2S/c19-14(9-15-3-6-20-11-14)10-16-7-12-8-21-13(17-12)18-4-1-2-5-18/h8,15-16,19H,1-7,9-11H2/t14-/m1/s1. The zero-order valence-electron chi connectivity index (χ0n) is 12.3. The smallest absolute Gasteiger partial charge is 0.185 e. The molecule has 3 N–H and O–H groups in total. The van der Waals surface area contributed by atoms with E-state index in [1.165, 1.54) is 12.8 Å². The lowest BCUT2D eigenvalue weighted by Crippen LogP contribution is -2.50. The molecule has 0 aliphatic carbocycles. The van der Waals surface area contributed by atoms with Gasteiger partial charge in [0.15, 0.2) is 5.13 Å². The Morgan fingerprint density at radius 3 is 3.19 bits per heavy atom. The number of β-amino-alcohol motifs (C(OH)–C–C–N with tert-alkyl or cyclic N) is 1. The van der Waals surface area contributed by atoms with Crippen molar-refractivity contribution in [3.63, 3.8) is 0 Å². The van der Waals surface area contributed by atoms with Crippen LogP contribution in [0.3, 0.4) is 0 Å². The summed E-state index contributed by atoms with van der Waals surface area (Å²) >= 11 is 1.71. The summed E-state index contributed by atoms with van der Waals surface area (Å²) in [5.41, 5.74) is 0.220. The van der Waals surface area contributed by atoms with Crippen LogP contribution in [-0.2, 0) is 11.3 Å². The van der Waals surface area contributed by atoms with Gasteiger partial charge in [0.05, 0.1) is 18.9 Å². The number of rotatable bonds is 5. The molecule has 0 aromatic carbocycles. The predicted octanol–water partition coefficient (Wildman–Crippen LogP) is 0.184. The van der Waals surface area contributed by atoms with Crippen LogP contribution in [-0.4, -0.2) is 61.6 Å². The lowest BCUT2D eigenvalue weighted by Gasteiger charge is -2.25. The highest BCUT2D eigenvalue weighted by Crippen LogP contribution is 2.24. The average Bonchev–Trinajstić information content (AvgIpc) is 3.10. The molecule has 2 saturated heterocycles. The highest BCUT2D eigenvalue weighted by molar-refractivity contribution is 7.13. The van der Waals surface area contributed by atoms with Crippen LogP contribution in [0.2, 0.25) is 0 Å². The van der Waals surface area contributed by atoms with Crippen LogP contribution in [0.5, 0.6) is 0 Å². The SMILES string of the molecule is O[C@@]1(CNCc2csc(N3CCCC3)n2)CNCCOC1. The molecule has 6 nitrogen and oxygen atoms in total. The molecule has 2 aliphatic rings. The molecule has 0 radical (unpaired) electrons. The Morgan fingerprint density at radius 1 is 1.48 bits per heavy atom. The van der Waals surface area contributed by atoms with Gasteiger partial charge >= 0.3 is 0 Å². The largest absolute Gasteiger partial charge is 0.385 e. The minimum Gasteiger partial charge on any atom is -0.385 e. The second-order valence-corrected chi connectivity index (χ2v) is 6.71. The Labute approximate surface area is 129 Å². The van der Waals surface area contributed by atoms with Gasteiger partial charge in [-0.25, -0.2) is 4.98 Å². The second kappa shape index (κ2) is 7.02. The Balaban J connectivity index is 1.46. The van der Waals surface area contributed by atoms with Crippen LogP contribution >= 0.6 is 11.3 Å². The molecule has 21 heavy (non-hydrogen) atoms. The molecule has 1 aromatic rings. The van der Waals surface area contributed by atoms with Crippen molar-refractivity contribution >= 4 is 16.5 Å². The fourth-order valence-corrected chi connectivity index (χ4v) is 3.63. The zero-order chi connectivity index (χ0) is 14.5. The first-order valence-corrected chi connectivity index (χ1v) is 8.54. The summed E-state index contributed by atoms with van der Waals surface area (Å²) < 4.78 is 5.41. The third-order valence-corrected chi connectivity index (χ3v) is 4.87. The van der Waals surface area contributed by atoms with Crippen molar-refractivity contribution in [3.8, 4) is 0 Å². The van der Waals surface area contributed by atoms with Gasteiger partial charge in [-0.15, -0.1) is 11.3 Å². The van der Waals surface area contributed by atoms with Crippen molar-refractivity contribution in [2.24, 2.45) is 0 Å². The van der Waals surface area contributed by atoms with E-state index in [-0.39, 0.29) is 0 Å². The van der Waals surface area contributed by atoms with Crippen molar-refractivity contribution in [2.75, 3.05) is 50.8 Å². The Bertz CT molecular complexity index is 440. The molecule has 3 heterocycles. The summed E-state index contributed by atoms with van der Waals surface area (Å²) in [5.74, 6) is 0. The van der Waals surface area contributed by atoms with Gasteiger partial charge in [-0.3, -0.25) is 0 Å². The fraction of sp³-hybridized carbons (Fsp3) is 0.786. The van der Waals surface area contributed by atoms with E-state index in [0.717, 1.165) is 30.5 Å². The van der Waals surface area contributed by atoms with Gasteiger partial charge in [-0.2, -0.15) is 0 Å². The molecule has 1 atom stereocenters. The first kappa shape index (κ1) is 15.2. The first-order chi connectivity index (χ1) is 10.3. The maximum Gasteiger partial charge on any atom is 0.185 e. The number of aliphatic hydroxyl groups is 1. The normalized spacial score (nSPS) is 27.0. The topological polar surface area (TPSA) is 69.7 Å². The van der Waals surface area contributed by atoms with E-state index in [9.17, 15) is 5.11 Å². The quantitative estimate of drug-likeness (QED) is 0.721. The van der Waals surface area contributed by atoms with Gasteiger partial charge in [0.2, 0.25) is 0 Å². The molecule has 0 unspecified atom stereocenters. The molecule has 0 bridgehead atoms. The molecule has 1 aromatic heterocycles. The number of hydrogen-bond donors (Lipinski definition) is 3. The van der Waals surface area contributed by atoms with Crippen molar-refractivity contribution in [1.82, 2.24) is 15.6 Å². The van der Waals surface area contributed by atoms with Gasteiger partial charge < -0.3 is 25.4 Å². The van der Waals surface area contributed by atoms with Crippen molar-refractivity contribution < 1.29 is 9.84 Å². The van der Waals surface area contributed by atoms with E-state index in [4.69, 9.17) is 4.74 Å². The monoisotopic (exact) mass is 312 g/mol. The molecule has 3 rings (SSSR count). The molecular weight excluding hydrogens is 288 g/mol. The minimum atomic E-state index is -0.829. The zero-order valence-corrected chi connectivity index (χ0v) is 13.1. The van der Waals surface area contributed by atoms with Crippen LogP contribution in [0.25, 0.3) is 0 Å². The van der Waals surface area contributed by atoms with Gasteiger partial charge in [0, 0.05) is 44.6 Å². The number of nitrogens with zero attached hydrogens (tertiary/aromatic N) is 2. The second-order valence-electron chi connectivity index (χ2n) is 5.87. The van der Waals surface area contributed by atoms with Crippen LogP contribution in [0.15, 0.2) is 5.38 Å². The van der Waals surface area contributed by atoms with E-state index in [2.05, 4.69) is 25.9 Å². The van der Waals surface area contributed by atoms with Gasteiger partial charge in [-0.1, -0.05) is 0 Å². The summed E-state index contributed by atoms with van der Waals surface area (Å²) in [7, 11) is 0. The number of hydrogen-bond acceptors (Lipinski definition) is 7. The highest BCUT2D eigenvalue weighted by atomic mass is 32.1. The Morgan fingerprint density at radius 2 is 2.33 bits per heavy atom. The van der Waals surface area contributed by atoms with Crippen LogP contribution in [0, 0.1) is 0 Å². The van der Waals surface area contributed by atoms with Crippen molar-refractivity contribution in [2.45, 2.75) is 25.0 Å². The number of thiazole rings is 1. The summed E-state index contributed by atoms with van der Waals surface area (Å²) in [5, 5.41) is 20.2. The molecule has 0 spiro atoms. The Hall–Kier alpha value is -0.730. The van der Waals surface area contributed by atoms with E-state index in [1.54, 1.807) is 11.3 Å². The molecule has 118 valence electrons. The first-order valence-electron chi connectivity index (χ1n) is 7.66. The van der Waals surface area contributed by atoms with Crippen LogP contribution < -0.4 is 15.5 Å².